The first-order valence-electron chi connectivity index (χ1n) is 18.9. The maximum atomic E-state index is 2.45. The number of para-hydroxylation sites is 1. The lowest BCUT2D eigenvalue weighted by atomic mass is 9.82. The summed E-state index contributed by atoms with van der Waals surface area (Å²) in [6.07, 6.45) is 0. The first-order valence-corrected chi connectivity index (χ1v) is 18.9. The Labute approximate surface area is 315 Å². The van der Waals surface area contributed by atoms with Gasteiger partial charge in [0.1, 0.15) is 0 Å². The lowest BCUT2D eigenvalue weighted by molar-refractivity contribution is 0.660. The molecule has 0 radical (unpaired) electrons. The van der Waals surface area contributed by atoms with Gasteiger partial charge in [-0.25, -0.2) is 0 Å². The van der Waals surface area contributed by atoms with Crippen LogP contribution in [0.3, 0.4) is 0 Å². The Morgan fingerprint density at radius 2 is 0.870 bits per heavy atom. The van der Waals surface area contributed by atoms with Crippen molar-refractivity contribution in [2.24, 2.45) is 0 Å². The van der Waals surface area contributed by atoms with E-state index in [1.165, 1.54) is 105 Å². The van der Waals surface area contributed by atoms with Gasteiger partial charge in [-0.05, 0) is 118 Å². The molecule has 0 N–H and O–H groups in total. The molecule has 0 fully saturated rings. The fourth-order valence-electron chi connectivity index (χ4n) is 9.29. The minimum absolute atomic E-state index is 0.0558. The zero-order chi connectivity index (χ0) is 36.1. The minimum atomic E-state index is -0.0558. The number of hydrogen-bond donors (Lipinski definition) is 0. The highest BCUT2D eigenvalue weighted by Crippen LogP contribution is 2.49. The fraction of sp³-hybridized carbons (Fsp3) is 0.0769. The van der Waals surface area contributed by atoms with Crippen molar-refractivity contribution in [2.45, 2.75) is 26.2 Å². The fourth-order valence-corrected chi connectivity index (χ4v) is 9.29. The number of aryl methyl sites for hydroxylation is 1. The summed E-state index contributed by atoms with van der Waals surface area (Å²) in [4.78, 5) is 0. The Kier molecular flexibility index (Phi) is 6.55. The number of benzene rings is 8. The highest BCUT2D eigenvalue weighted by atomic mass is 15.0. The van der Waals surface area contributed by atoms with E-state index < -0.39 is 0 Å². The second kappa shape index (κ2) is 11.4. The van der Waals surface area contributed by atoms with Crippen LogP contribution in [0.5, 0.6) is 0 Å². The van der Waals surface area contributed by atoms with Crippen LogP contribution in [0.2, 0.25) is 0 Å². The van der Waals surface area contributed by atoms with E-state index in [0.717, 1.165) is 0 Å². The first kappa shape index (κ1) is 30.9. The minimum Gasteiger partial charge on any atom is -0.309 e. The molecule has 10 aromatic rings. The van der Waals surface area contributed by atoms with Crippen molar-refractivity contribution in [2.75, 3.05) is 0 Å². The second-order valence-electron chi connectivity index (χ2n) is 15.5. The lowest BCUT2D eigenvalue weighted by Gasteiger charge is -2.22. The third-order valence-electron chi connectivity index (χ3n) is 12.0. The summed E-state index contributed by atoms with van der Waals surface area (Å²) in [5.74, 6) is 0. The van der Waals surface area contributed by atoms with Crippen molar-refractivity contribution in [1.29, 1.82) is 0 Å². The van der Waals surface area contributed by atoms with Gasteiger partial charge in [-0.15, -0.1) is 0 Å². The van der Waals surface area contributed by atoms with E-state index in [1.807, 2.05) is 0 Å². The van der Waals surface area contributed by atoms with E-state index >= 15 is 0 Å². The van der Waals surface area contributed by atoms with Crippen LogP contribution in [-0.4, -0.2) is 9.13 Å². The standard InChI is InChI=1S/C52H38N2/c1-33-17-26-49-43(29-33)45-31-37(21-28-51(45)53(49)38-22-18-35(19-23-38)34-11-5-4-6-12-34)36-20-27-50-44(30-36)42-14-8-10-16-48(42)54(50)39-24-25-41-40-13-7-9-15-46(40)52(2,3)47(41)32-39/h4-32H,1-3H3. The van der Waals surface area contributed by atoms with Gasteiger partial charge in [-0.3, -0.25) is 0 Å². The van der Waals surface area contributed by atoms with Gasteiger partial charge in [0.05, 0.1) is 22.1 Å². The molecular formula is C52H38N2. The predicted molar refractivity (Wildman–Crippen MR) is 228 cm³/mol. The van der Waals surface area contributed by atoms with E-state index in [-0.39, 0.29) is 5.41 Å². The summed E-state index contributed by atoms with van der Waals surface area (Å²) in [6, 6.07) is 65.2. The molecule has 256 valence electrons. The molecule has 0 atom stereocenters. The quantitative estimate of drug-likeness (QED) is 0.174. The van der Waals surface area contributed by atoms with E-state index in [4.69, 9.17) is 0 Å². The molecule has 0 aliphatic heterocycles. The predicted octanol–water partition coefficient (Wildman–Crippen LogP) is 13.8. The maximum Gasteiger partial charge on any atom is 0.0541 e. The van der Waals surface area contributed by atoms with Crippen molar-refractivity contribution in [3.63, 3.8) is 0 Å². The molecule has 0 amide bonds. The van der Waals surface area contributed by atoms with Crippen LogP contribution in [0.1, 0.15) is 30.5 Å². The van der Waals surface area contributed by atoms with Crippen molar-refractivity contribution in [3.8, 4) is 44.8 Å². The van der Waals surface area contributed by atoms with Gasteiger partial charge in [-0.1, -0.05) is 129 Å². The van der Waals surface area contributed by atoms with E-state index in [0.29, 0.717) is 0 Å². The maximum absolute atomic E-state index is 2.45. The number of fused-ring (bicyclic) bond motifs is 9. The molecule has 0 spiro atoms. The third kappa shape index (κ3) is 4.47. The van der Waals surface area contributed by atoms with Crippen LogP contribution in [0.4, 0.5) is 0 Å². The summed E-state index contributed by atoms with van der Waals surface area (Å²) < 4.78 is 4.87. The number of aromatic nitrogens is 2. The van der Waals surface area contributed by atoms with Crippen LogP contribution in [0.25, 0.3) is 88.4 Å². The Hall–Kier alpha value is -6.64. The van der Waals surface area contributed by atoms with Crippen LogP contribution in [0, 0.1) is 6.92 Å². The van der Waals surface area contributed by atoms with E-state index in [2.05, 4.69) is 206 Å². The molecule has 0 bridgehead atoms. The molecule has 2 heterocycles. The zero-order valence-corrected chi connectivity index (χ0v) is 30.6. The topological polar surface area (TPSA) is 9.86 Å². The average Bonchev–Trinajstić information content (AvgIpc) is 3.80. The normalized spacial score (nSPS) is 13.2. The molecule has 8 aromatic carbocycles. The molecule has 0 saturated heterocycles. The summed E-state index contributed by atoms with van der Waals surface area (Å²) >= 11 is 0. The van der Waals surface area contributed by atoms with Crippen LogP contribution < -0.4 is 0 Å². The number of hydrogen-bond acceptors (Lipinski definition) is 0. The Bertz CT molecular complexity index is 3120. The summed E-state index contributed by atoms with van der Waals surface area (Å²) in [5, 5.41) is 5.08. The number of rotatable bonds is 4. The molecular weight excluding hydrogens is 653 g/mol. The highest BCUT2D eigenvalue weighted by molar-refractivity contribution is 6.13. The molecule has 0 saturated carbocycles. The largest absolute Gasteiger partial charge is 0.309 e. The van der Waals surface area contributed by atoms with Crippen LogP contribution in [-0.2, 0) is 5.41 Å². The zero-order valence-electron chi connectivity index (χ0n) is 30.6. The van der Waals surface area contributed by atoms with Gasteiger partial charge in [0, 0.05) is 38.3 Å². The van der Waals surface area contributed by atoms with Crippen LogP contribution in [0.15, 0.2) is 176 Å². The van der Waals surface area contributed by atoms with Crippen molar-refractivity contribution in [3.05, 3.63) is 193 Å². The van der Waals surface area contributed by atoms with Gasteiger partial charge in [0.15, 0.2) is 0 Å². The van der Waals surface area contributed by atoms with Gasteiger partial charge in [-0.2, -0.15) is 0 Å². The molecule has 11 rings (SSSR count). The molecule has 2 aromatic heterocycles. The van der Waals surface area contributed by atoms with Crippen molar-refractivity contribution in [1.82, 2.24) is 9.13 Å². The smallest absolute Gasteiger partial charge is 0.0541 e. The van der Waals surface area contributed by atoms with E-state index in [1.54, 1.807) is 0 Å². The third-order valence-corrected chi connectivity index (χ3v) is 12.0. The molecule has 2 nitrogen and oxygen atoms in total. The van der Waals surface area contributed by atoms with Crippen molar-refractivity contribution >= 4 is 43.6 Å². The monoisotopic (exact) mass is 690 g/mol. The lowest BCUT2D eigenvalue weighted by Crippen LogP contribution is -2.15. The van der Waals surface area contributed by atoms with Gasteiger partial charge in [0.2, 0.25) is 0 Å². The Morgan fingerprint density at radius 1 is 0.352 bits per heavy atom. The highest BCUT2D eigenvalue weighted by Gasteiger charge is 2.35. The SMILES string of the molecule is Cc1ccc2c(c1)c1cc(-c3ccc4c(c3)c3ccccc3n4-c3ccc4c(c3)C(C)(C)c3ccccc3-4)ccc1n2-c1ccc(-c2ccccc2)cc1. The first-order chi connectivity index (χ1) is 26.4. The average molecular weight is 691 g/mol. The number of nitrogens with zero attached hydrogens (tertiary/aromatic N) is 2. The summed E-state index contributed by atoms with van der Waals surface area (Å²) in [5.41, 5.74) is 18.8. The van der Waals surface area contributed by atoms with Gasteiger partial charge < -0.3 is 9.13 Å². The molecule has 0 unspecified atom stereocenters. The Morgan fingerprint density at radius 3 is 1.63 bits per heavy atom. The Balaban J connectivity index is 1.05. The molecule has 1 aliphatic rings. The molecule has 54 heavy (non-hydrogen) atoms. The summed E-state index contributed by atoms with van der Waals surface area (Å²) in [6.45, 7) is 6.90. The second-order valence-corrected chi connectivity index (χ2v) is 15.5. The van der Waals surface area contributed by atoms with Crippen LogP contribution >= 0.6 is 0 Å². The van der Waals surface area contributed by atoms with Crippen molar-refractivity contribution < 1.29 is 0 Å². The van der Waals surface area contributed by atoms with Gasteiger partial charge >= 0.3 is 0 Å². The van der Waals surface area contributed by atoms with Gasteiger partial charge in [0.25, 0.3) is 0 Å². The van der Waals surface area contributed by atoms with E-state index in [9.17, 15) is 0 Å². The molecule has 2 heteroatoms. The summed E-state index contributed by atoms with van der Waals surface area (Å²) in [7, 11) is 0. The molecule has 1 aliphatic carbocycles.